The second kappa shape index (κ2) is 8.18. The van der Waals surface area contributed by atoms with Gasteiger partial charge in [0.25, 0.3) is 5.91 Å². The Labute approximate surface area is 160 Å². The monoisotopic (exact) mass is 386 g/mol. The number of halogens is 1. The predicted octanol–water partition coefficient (Wildman–Crippen LogP) is 3.72. The average molecular weight is 386 g/mol. The van der Waals surface area contributed by atoms with Crippen LogP contribution in [0.25, 0.3) is 10.2 Å². The largest absolute Gasteiger partial charge is 0.497 e. The second-order valence-electron chi connectivity index (χ2n) is 5.76. The van der Waals surface area contributed by atoms with Crippen molar-refractivity contribution in [2.45, 2.75) is 13.0 Å². The van der Waals surface area contributed by atoms with Crippen molar-refractivity contribution in [3.8, 4) is 11.5 Å². The van der Waals surface area contributed by atoms with Gasteiger partial charge < -0.3 is 14.0 Å². The van der Waals surface area contributed by atoms with Crippen LogP contribution in [0.3, 0.4) is 0 Å². The van der Waals surface area contributed by atoms with Crippen LogP contribution in [0.15, 0.2) is 54.0 Å². The fraction of sp³-hybridized carbons (Fsp3) is 0.200. The molecule has 0 radical (unpaired) electrons. The standard InChI is InChI=1S/C20H19FN2O3S/c1-4-9-23-16-8-6-14(21)11-18(16)27-20(23)22-19(24)10-13-5-7-15(25-2)12-17(13)26-3/h4-8,11-12H,1,9-10H2,2-3H3. The van der Waals surface area contributed by atoms with Gasteiger partial charge in [0.05, 0.1) is 30.9 Å². The van der Waals surface area contributed by atoms with Gasteiger partial charge in [-0.1, -0.05) is 23.5 Å². The maximum Gasteiger partial charge on any atom is 0.252 e. The Morgan fingerprint density at radius 1 is 1.26 bits per heavy atom. The Bertz CT molecular complexity index is 1070. The molecule has 7 heteroatoms. The fourth-order valence-corrected chi connectivity index (χ4v) is 3.83. The Kier molecular flexibility index (Phi) is 5.71. The van der Waals surface area contributed by atoms with E-state index < -0.39 is 0 Å². The molecule has 0 spiro atoms. The molecule has 3 aromatic rings. The summed E-state index contributed by atoms with van der Waals surface area (Å²) in [7, 11) is 3.11. The molecule has 0 unspecified atom stereocenters. The first-order chi connectivity index (χ1) is 13.0. The highest BCUT2D eigenvalue weighted by Gasteiger charge is 2.12. The molecule has 140 valence electrons. The molecule has 3 rings (SSSR count). The summed E-state index contributed by atoms with van der Waals surface area (Å²) in [5.74, 6) is 0.573. The summed E-state index contributed by atoms with van der Waals surface area (Å²) in [6.45, 7) is 4.22. The third kappa shape index (κ3) is 4.09. The zero-order valence-corrected chi connectivity index (χ0v) is 15.9. The number of rotatable bonds is 6. The number of hydrogen-bond acceptors (Lipinski definition) is 4. The molecule has 2 aromatic carbocycles. The second-order valence-corrected chi connectivity index (χ2v) is 6.77. The number of fused-ring (bicyclic) bond motifs is 1. The topological polar surface area (TPSA) is 52.8 Å². The number of hydrogen-bond donors (Lipinski definition) is 0. The first-order valence-corrected chi connectivity index (χ1v) is 9.05. The zero-order chi connectivity index (χ0) is 19.4. The molecular weight excluding hydrogens is 367 g/mol. The minimum absolute atomic E-state index is 0.0872. The molecule has 1 aromatic heterocycles. The quantitative estimate of drug-likeness (QED) is 0.607. The van der Waals surface area contributed by atoms with E-state index in [1.165, 1.54) is 23.5 Å². The Balaban J connectivity index is 1.98. The van der Waals surface area contributed by atoms with E-state index in [2.05, 4.69) is 11.6 Å². The highest BCUT2D eigenvalue weighted by molar-refractivity contribution is 7.16. The van der Waals surface area contributed by atoms with Gasteiger partial charge >= 0.3 is 0 Å². The van der Waals surface area contributed by atoms with Crippen LogP contribution in [0.4, 0.5) is 4.39 Å². The summed E-state index contributed by atoms with van der Waals surface area (Å²) in [5.41, 5.74) is 1.53. The van der Waals surface area contributed by atoms with E-state index in [0.717, 1.165) is 15.8 Å². The number of nitrogens with zero attached hydrogens (tertiary/aromatic N) is 2. The van der Waals surface area contributed by atoms with Gasteiger partial charge in [-0.25, -0.2) is 4.39 Å². The molecule has 0 fully saturated rings. The highest BCUT2D eigenvalue weighted by Crippen LogP contribution is 2.25. The molecule has 0 saturated heterocycles. The minimum Gasteiger partial charge on any atom is -0.497 e. The third-order valence-electron chi connectivity index (χ3n) is 4.01. The van der Waals surface area contributed by atoms with Gasteiger partial charge in [-0.15, -0.1) is 6.58 Å². The van der Waals surface area contributed by atoms with E-state index in [0.29, 0.717) is 22.8 Å². The van der Waals surface area contributed by atoms with Crippen molar-refractivity contribution in [1.82, 2.24) is 4.57 Å². The number of carbonyl (C=O) groups is 1. The van der Waals surface area contributed by atoms with Crippen molar-refractivity contribution in [2.24, 2.45) is 4.99 Å². The van der Waals surface area contributed by atoms with Crippen molar-refractivity contribution in [3.63, 3.8) is 0 Å². The van der Waals surface area contributed by atoms with E-state index in [1.54, 1.807) is 44.6 Å². The van der Waals surface area contributed by atoms with E-state index >= 15 is 0 Å². The molecule has 5 nitrogen and oxygen atoms in total. The maximum atomic E-state index is 13.5. The summed E-state index contributed by atoms with van der Waals surface area (Å²) < 4.78 is 26.6. The molecular formula is C20H19FN2O3S. The molecule has 0 saturated carbocycles. The number of ether oxygens (including phenoxy) is 2. The number of methoxy groups -OCH3 is 2. The zero-order valence-electron chi connectivity index (χ0n) is 15.1. The van der Waals surface area contributed by atoms with Crippen LogP contribution in [0.1, 0.15) is 5.56 Å². The van der Waals surface area contributed by atoms with Crippen LogP contribution in [-0.4, -0.2) is 24.7 Å². The normalized spacial score (nSPS) is 11.6. The third-order valence-corrected chi connectivity index (χ3v) is 5.05. The van der Waals surface area contributed by atoms with Gasteiger partial charge in [-0.05, 0) is 24.3 Å². The summed E-state index contributed by atoms with van der Waals surface area (Å²) in [5, 5.41) is 0. The van der Waals surface area contributed by atoms with Crippen molar-refractivity contribution in [2.75, 3.05) is 14.2 Å². The van der Waals surface area contributed by atoms with E-state index in [-0.39, 0.29) is 18.1 Å². The van der Waals surface area contributed by atoms with Gasteiger partial charge in [-0.3, -0.25) is 4.79 Å². The summed E-state index contributed by atoms with van der Waals surface area (Å²) in [4.78, 5) is 17.3. The Morgan fingerprint density at radius 2 is 2.07 bits per heavy atom. The van der Waals surface area contributed by atoms with Crippen molar-refractivity contribution < 1.29 is 18.7 Å². The van der Waals surface area contributed by atoms with Crippen LogP contribution >= 0.6 is 11.3 Å². The van der Waals surface area contributed by atoms with Gasteiger partial charge in [-0.2, -0.15) is 4.99 Å². The van der Waals surface area contributed by atoms with E-state index in [9.17, 15) is 9.18 Å². The minimum atomic E-state index is -0.324. The molecule has 0 aliphatic carbocycles. The van der Waals surface area contributed by atoms with Crippen LogP contribution in [0.2, 0.25) is 0 Å². The van der Waals surface area contributed by atoms with Crippen LogP contribution in [0.5, 0.6) is 11.5 Å². The van der Waals surface area contributed by atoms with Gasteiger partial charge in [0.2, 0.25) is 0 Å². The summed E-state index contributed by atoms with van der Waals surface area (Å²) in [6, 6.07) is 9.79. The fourth-order valence-electron chi connectivity index (χ4n) is 2.74. The van der Waals surface area contributed by atoms with Gasteiger partial charge in [0, 0.05) is 18.2 Å². The number of benzene rings is 2. The molecule has 0 atom stereocenters. The lowest BCUT2D eigenvalue weighted by Gasteiger charge is -2.08. The number of amides is 1. The molecule has 27 heavy (non-hydrogen) atoms. The Hall–Kier alpha value is -2.93. The van der Waals surface area contributed by atoms with Crippen LogP contribution < -0.4 is 14.3 Å². The van der Waals surface area contributed by atoms with E-state index in [1.807, 2.05) is 4.57 Å². The first-order valence-electron chi connectivity index (χ1n) is 8.24. The molecule has 0 N–H and O–H groups in total. The lowest BCUT2D eigenvalue weighted by Crippen LogP contribution is -2.17. The number of allylic oxidation sites excluding steroid dienone is 1. The smallest absolute Gasteiger partial charge is 0.252 e. The maximum absolute atomic E-state index is 13.5. The Morgan fingerprint density at radius 3 is 2.78 bits per heavy atom. The van der Waals surface area contributed by atoms with Crippen molar-refractivity contribution in [1.29, 1.82) is 0 Å². The highest BCUT2D eigenvalue weighted by atomic mass is 32.1. The van der Waals surface area contributed by atoms with Crippen LogP contribution in [-0.2, 0) is 17.8 Å². The SMILES string of the molecule is C=CCn1c(=NC(=O)Cc2ccc(OC)cc2OC)sc2cc(F)ccc21. The van der Waals surface area contributed by atoms with E-state index in [4.69, 9.17) is 9.47 Å². The number of carbonyl (C=O) groups excluding carboxylic acids is 1. The molecule has 1 amide bonds. The first kappa shape index (κ1) is 18.8. The van der Waals surface area contributed by atoms with Gasteiger partial charge in [0.15, 0.2) is 4.80 Å². The van der Waals surface area contributed by atoms with Gasteiger partial charge in [0.1, 0.15) is 17.3 Å². The lowest BCUT2D eigenvalue weighted by atomic mass is 10.1. The average Bonchev–Trinajstić information content (AvgIpc) is 2.98. The predicted molar refractivity (Wildman–Crippen MR) is 104 cm³/mol. The lowest BCUT2D eigenvalue weighted by molar-refractivity contribution is -0.117. The number of thiazole rings is 1. The molecule has 1 heterocycles. The summed E-state index contributed by atoms with van der Waals surface area (Å²) >= 11 is 1.27. The molecule has 0 aliphatic rings. The van der Waals surface area contributed by atoms with Crippen LogP contribution in [0, 0.1) is 5.82 Å². The molecule has 0 bridgehead atoms. The van der Waals surface area contributed by atoms with Crippen molar-refractivity contribution >= 4 is 27.5 Å². The summed E-state index contributed by atoms with van der Waals surface area (Å²) in [6.07, 6.45) is 1.80. The molecule has 0 aliphatic heterocycles. The number of aromatic nitrogens is 1. The van der Waals surface area contributed by atoms with Crippen molar-refractivity contribution in [3.05, 3.63) is 65.2 Å².